The normalized spacial score (nSPS) is 12.7. The van der Waals surface area contributed by atoms with Gasteiger partial charge in [0.25, 0.3) is 5.95 Å². The summed E-state index contributed by atoms with van der Waals surface area (Å²) in [5, 5.41) is 10.2. The standard InChI is InChI=1S/C20H29NO6/c1-19(2,3)26-17(23)21(18(24)27-20(4,5)6)15(16(22)25-7)13-14-11-9-8-10-12-14/h8-12,22H,13H2,1-7H3/b16-15+. The van der Waals surface area contributed by atoms with Crippen LogP contribution in [-0.4, -0.2) is 40.5 Å². The van der Waals surface area contributed by atoms with Crippen LogP contribution in [0.3, 0.4) is 0 Å². The molecule has 0 aromatic heterocycles. The zero-order chi connectivity index (χ0) is 20.8. The molecule has 1 aromatic rings. The molecule has 27 heavy (non-hydrogen) atoms. The van der Waals surface area contributed by atoms with Crippen LogP contribution >= 0.6 is 0 Å². The number of nitrogens with zero attached hydrogens (tertiary/aromatic N) is 1. The summed E-state index contributed by atoms with van der Waals surface area (Å²) >= 11 is 0. The maximum absolute atomic E-state index is 12.7. The van der Waals surface area contributed by atoms with Crippen molar-refractivity contribution in [1.82, 2.24) is 4.90 Å². The van der Waals surface area contributed by atoms with E-state index in [0.29, 0.717) is 4.90 Å². The van der Waals surface area contributed by atoms with E-state index in [2.05, 4.69) is 0 Å². The number of allylic oxidation sites excluding steroid dienone is 1. The van der Waals surface area contributed by atoms with Crippen LogP contribution < -0.4 is 0 Å². The van der Waals surface area contributed by atoms with Crippen molar-refractivity contribution in [3.63, 3.8) is 0 Å². The van der Waals surface area contributed by atoms with Gasteiger partial charge >= 0.3 is 12.2 Å². The summed E-state index contributed by atoms with van der Waals surface area (Å²) in [5.41, 5.74) is -1.02. The molecule has 1 aromatic carbocycles. The zero-order valence-corrected chi connectivity index (χ0v) is 17.0. The lowest BCUT2D eigenvalue weighted by Gasteiger charge is -2.29. The molecule has 0 aliphatic rings. The van der Waals surface area contributed by atoms with Gasteiger partial charge < -0.3 is 19.3 Å². The van der Waals surface area contributed by atoms with E-state index in [1.807, 2.05) is 18.2 Å². The number of carbonyl (C=O) groups excluding carboxylic acids is 2. The van der Waals surface area contributed by atoms with Gasteiger partial charge in [0.15, 0.2) is 0 Å². The third kappa shape index (κ3) is 7.60. The first-order valence-electron chi connectivity index (χ1n) is 8.60. The number of hydrogen-bond donors (Lipinski definition) is 1. The van der Waals surface area contributed by atoms with Crippen LogP contribution in [-0.2, 0) is 20.6 Å². The molecule has 2 amide bonds. The van der Waals surface area contributed by atoms with Crippen molar-refractivity contribution < 1.29 is 28.9 Å². The van der Waals surface area contributed by atoms with Gasteiger partial charge in [0.05, 0.1) is 7.11 Å². The molecule has 0 heterocycles. The molecule has 0 fully saturated rings. The van der Waals surface area contributed by atoms with Crippen molar-refractivity contribution in [3.05, 3.63) is 47.5 Å². The van der Waals surface area contributed by atoms with Crippen molar-refractivity contribution in [2.45, 2.75) is 59.2 Å². The van der Waals surface area contributed by atoms with E-state index in [-0.39, 0.29) is 12.1 Å². The number of ether oxygens (including phenoxy) is 3. The molecule has 0 spiro atoms. The molecule has 1 N–H and O–H groups in total. The Labute approximate surface area is 160 Å². The number of hydrogen-bond acceptors (Lipinski definition) is 6. The first-order valence-corrected chi connectivity index (χ1v) is 8.60. The summed E-state index contributed by atoms with van der Waals surface area (Å²) in [6.45, 7) is 10.1. The largest absolute Gasteiger partial charge is 0.480 e. The van der Waals surface area contributed by atoms with E-state index in [9.17, 15) is 14.7 Å². The minimum Gasteiger partial charge on any atom is -0.480 e. The van der Waals surface area contributed by atoms with Crippen LogP contribution in [0.15, 0.2) is 42.0 Å². The second-order valence-electron chi connectivity index (χ2n) is 7.91. The maximum atomic E-state index is 12.7. The van der Waals surface area contributed by atoms with E-state index in [1.165, 1.54) is 7.11 Å². The highest BCUT2D eigenvalue weighted by Crippen LogP contribution is 2.23. The molecule has 0 unspecified atom stereocenters. The molecule has 150 valence electrons. The average molecular weight is 379 g/mol. The number of aliphatic hydroxyl groups excluding tert-OH is 1. The molecule has 0 radical (unpaired) electrons. The van der Waals surface area contributed by atoms with Crippen LogP contribution in [0, 0.1) is 0 Å². The molecule has 0 bridgehead atoms. The predicted octanol–water partition coefficient (Wildman–Crippen LogP) is 4.77. The minimum atomic E-state index is -0.966. The number of benzene rings is 1. The second-order valence-corrected chi connectivity index (χ2v) is 7.91. The van der Waals surface area contributed by atoms with Crippen molar-refractivity contribution in [2.75, 3.05) is 7.11 Å². The molecule has 0 saturated carbocycles. The van der Waals surface area contributed by atoms with Gasteiger partial charge in [-0.2, -0.15) is 4.90 Å². The molecule has 7 nitrogen and oxygen atoms in total. The number of rotatable bonds is 4. The minimum absolute atomic E-state index is 0.0546. The summed E-state index contributed by atoms with van der Waals surface area (Å²) in [4.78, 5) is 26.1. The molecule has 7 heteroatoms. The summed E-state index contributed by atoms with van der Waals surface area (Å²) < 4.78 is 15.6. The molecule has 0 saturated heterocycles. The fraction of sp³-hybridized carbons (Fsp3) is 0.500. The van der Waals surface area contributed by atoms with Crippen LogP contribution in [0.4, 0.5) is 9.59 Å². The monoisotopic (exact) mass is 379 g/mol. The maximum Gasteiger partial charge on any atom is 0.424 e. The summed E-state index contributed by atoms with van der Waals surface area (Å²) in [6, 6.07) is 9.05. The lowest BCUT2D eigenvalue weighted by atomic mass is 10.1. The van der Waals surface area contributed by atoms with Gasteiger partial charge in [-0.15, -0.1) is 0 Å². The molecule has 0 aliphatic carbocycles. The average Bonchev–Trinajstić information content (AvgIpc) is 2.51. The topological polar surface area (TPSA) is 85.3 Å². The van der Waals surface area contributed by atoms with Crippen LogP contribution in [0.2, 0.25) is 0 Å². The van der Waals surface area contributed by atoms with Gasteiger partial charge in [0, 0.05) is 6.42 Å². The third-order valence-electron chi connectivity index (χ3n) is 3.08. The molecular formula is C20H29NO6. The predicted molar refractivity (Wildman–Crippen MR) is 101 cm³/mol. The second kappa shape index (κ2) is 8.79. The summed E-state index contributed by atoms with van der Waals surface area (Å²) in [7, 11) is 1.24. The van der Waals surface area contributed by atoms with Gasteiger partial charge in [0.2, 0.25) is 0 Å². The van der Waals surface area contributed by atoms with Crippen LogP contribution in [0.5, 0.6) is 0 Å². The summed E-state index contributed by atoms with van der Waals surface area (Å²) in [6.07, 6.45) is -1.88. The van der Waals surface area contributed by atoms with Crippen molar-refractivity contribution in [2.24, 2.45) is 0 Å². The lowest BCUT2D eigenvalue weighted by molar-refractivity contribution is 0.00396. The third-order valence-corrected chi connectivity index (χ3v) is 3.08. The van der Waals surface area contributed by atoms with Crippen LogP contribution in [0.1, 0.15) is 47.1 Å². The highest BCUT2D eigenvalue weighted by Gasteiger charge is 2.36. The number of methoxy groups -OCH3 is 1. The van der Waals surface area contributed by atoms with E-state index in [1.54, 1.807) is 53.7 Å². The van der Waals surface area contributed by atoms with E-state index < -0.39 is 29.3 Å². The fourth-order valence-corrected chi connectivity index (χ4v) is 2.07. The van der Waals surface area contributed by atoms with Gasteiger partial charge in [-0.3, -0.25) is 0 Å². The van der Waals surface area contributed by atoms with Gasteiger partial charge in [-0.1, -0.05) is 30.3 Å². The number of carbonyl (C=O) groups is 2. The fourth-order valence-electron chi connectivity index (χ4n) is 2.07. The molecular weight excluding hydrogens is 350 g/mol. The quantitative estimate of drug-likeness (QED) is 0.758. The van der Waals surface area contributed by atoms with Gasteiger partial charge in [0.1, 0.15) is 16.9 Å². The highest BCUT2D eigenvalue weighted by atomic mass is 16.6. The first kappa shape index (κ1) is 22.3. The van der Waals surface area contributed by atoms with E-state index >= 15 is 0 Å². The van der Waals surface area contributed by atoms with Gasteiger partial charge in [-0.05, 0) is 47.1 Å². The number of aliphatic hydroxyl groups is 1. The van der Waals surface area contributed by atoms with Crippen molar-refractivity contribution in [1.29, 1.82) is 0 Å². The Kier molecular flexibility index (Phi) is 7.28. The molecule has 1 rings (SSSR count). The van der Waals surface area contributed by atoms with Crippen molar-refractivity contribution >= 4 is 12.2 Å². The Balaban J connectivity index is 3.37. The smallest absolute Gasteiger partial charge is 0.424 e. The highest BCUT2D eigenvalue weighted by molar-refractivity contribution is 5.90. The van der Waals surface area contributed by atoms with Crippen molar-refractivity contribution in [3.8, 4) is 0 Å². The first-order chi connectivity index (χ1) is 12.3. The van der Waals surface area contributed by atoms with Crippen LogP contribution in [0.25, 0.3) is 0 Å². The Morgan fingerprint density at radius 2 is 1.37 bits per heavy atom. The lowest BCUT2D eigenvalue weighted by Crippen LogP contribution is -2.44. The molecule has 0 atom stereocenters. The number of imide groups is 1. The Morgan fingerprint density at radius 3 is 1.74 bits per heavy atom. The zero-order valence-electron chi connectivity index (χ0n) is 17.0. The Hall–Kier alpha value is -2.70. The summed E-state index contributed by atoms with van der Waals surface area (Å²) in [5.74, 6) is -0.574. The van der Waals surface area contributed by atoms with Gasteiger partial charge in [-0.25, -0.2) is 9.59 Å². The Bertz CT molecular complexity index is 655. The van der Waals surface area contributed by atoms with E-state index in [0.717, 1.165) is 5.56 Å². The Morgan fingerprint density at radius 1 is 0.926 bits per heavy atom. The number of amides is 2. The molecule has 0 aliphatic heterocycles. The SMILES string of the molecule is CO/C(O)=C(\Cc1ccccc1)N(C(=O)OC(C)(C)C)C(=O)OC(C)(C)C. The van der Waals surface area contributed by atoms with E-state index in [4.69, 9.17) is 14.2 Å².